The van der Waals surface area contributed by atoms with Gasteiger partial charge < -0.3 is 28.7 Å². The topological polar surface area (TPSA) is 104 Å². The Balaban J connectivity index is 0. The van der Waals surface area contributed by atoms with Crippen LogP contribution < -0.4 is 5.11 Å². The second-order valence-corrected chi connectivity index (χ2v) is 7.62. The van der Waals surface area contributed by atoms with Crippen LogP contribution in [-0.4, -0.2) is 93.5 Å². The van der Waals surface area contributed by atoms with Gasteiger partial charge in [0.1, 0.15) is 6.54 Å². The molecule has 0 aliphatic heterocycles. The molecule has 25 heavy (non-hydrogen) atoms. The zero-order chi connectivity index (χ0) is 20.3. The van der Waals surface area contributed by atoms with Crippen LogP contribution in [0, 0.1) is 0 Å². The Labute approximate surface area is 150 Å². The van der Waals surface area contributed by atoms with Crippen molar-refractivity contribution in [3.63, 3.8) is 0 Å². The Morgan fingerprint density at radius 1 is 1.08 bits per heavy atom. The smallest absolute Gasteiger partial charge is 0.333 e. The third-order valence-electron chi connectivity index (χ3n) is 3.02. The minimum atomic E-state index is -1.00. The van der Waals surface area contributed by atoms with Gasteiger partial charge in [-0.05, 0) is 6.92 Å². The molecule has 0 aliphatic rings. The Morgan fingerprint density at radius 2 is 1.60 bits per heavy atom. The number of carbonyl (C=O) groups excluding carboxylic acids is 2. The first-order valence-electron chi connectivity index (χ1n) is 8.03. The number of quaternary nitrogens is 2. The monoisotopic (exact) mass is 361 g/mol. The first-order valence-corrected chi connectivity index (χ1v) is 8.03. The summed E-state index contributed by atoms with van der Waals surface area (Å²) in [5.41, 5.74) is 0.393. The van der Waals surface area contributed by atoms with Crippen molar-refractivity contribution in [2.75, 3.05) is 61.5 Å². The highest BCUT2D eigenvalue weighted by molar-refractivity contribution is 5.86. The van der Waals surface area contributed by atoms with Gasteiger partial charge in [0.2, 0.25) is 0 Å². The Hall–Kier alpha value is -1.93. The lowest BCUT2D eigenvalue weighted by molar-refractivity contribution is -0.890. The van der Waals surface area contributed by atoms with E-state index in [4.69, 9.17) is 9.84 Å². The number of ether oxygens (including phenoxy) is 1. The molecule has 0 atom stereocenters. The Kier molecular flexibility index (Phi) is 11.7. The highest BCUT2D eigenvalue weighted by Gasteiger charge is 2.16. The van der Waals surface area contributed by atoms with Crippen molar-refractivity contribution in [2.24, 2.45) is 0 Å². The third kappa shape index (κ3) is 20.0. The zero-order valence-electron chi connectivity index (χ0n) is 16.3. The van der Waals surface area contributed by atoms with E-state index >= 15 is 0 Å². The molecule has 0 unspecified atom stereocenters. The highest BCUT2D eigenvalue weighted by Crippen LogP contribution is 2.02. The second kappa shape index (κ2) is 11.6. The van der Waals surface area contributed by atoms with E-state index in [1.165, 1.54) is 0 Å². The maximum atomic E-state index is 11.1. The minimum absolute atomic E-state index is 0.0694. The predicted octanol–water partition coefficient (Wildman–Crippen LogP) is -0.511. The first-order chi connectivity index (χ1) is 11.2. The number of carbonyl (C=O) groups is 3. The number of aliphatic carboxylic acids is 2. The van der Waals surface area contributed by atoms with Gasteiger partial charge >= 0.3 is 11.9 Å². The number of hydrogen-bond donors (Lipinski definition) is 1. The van der Waals surface area contributed by atoms with Crippen LogP contribution in [0.1, 0.15) is 19.8 Å². The molecule has 146 valence electrons. The average molecular weight is 361 g/mol. The van der Waals surface area contributed by atoms with Crippen molar-refractivity contribution >= 4 is 17.9 Å². The molecule has 0 heterocycles. The quantitative estimate of drug-likeness (QED) is 0.243. The van der Waals surface area contributed by atoms with E-state index in [9.17, 15) is 19.5 Å². The number of esters is 1. The van der Waals surface area contributed by atoms with E-state index in [1.807, 2.05) is 14.1 Å². The van der Waals surface area contributed by atoms with E-state index in [2.05, 4.69) is 6.58 Å². The number of nitrogens with zero attached hydrogens (tertiary/aromatic N) is 2. The molecule has 0 saturated carbocycles. The summed E-state index contributed by atoms with van der Waals surface area (Å²) in [6.07, 6.45) is 0.865. The fourth-order valence-corrected chi connectivity index (χ4v) is 1.68. The molecule has 0 spiro atoms. The maximum Gasteiger partial charge on any atom is 0.333 e. The Morgan fingerprint density at radius 3 is 1.92 bits per heavy atom. The zero-order valence-corrected chi connectivity index (χ0v) is 16.3. The molecule has 8 heteroatoms. The molecule has 0 bridgehead atoms. The van der Waals surface area contributed by atoms with Gasteiger partial charge in [0.05, 0.1) is 67.3 Å². The predicted molar refractivity (Wildman–Crippen MR) is 92.4 cm³/mol. The van der Waals surface area contributed by atoms with Crippen molar-refractivity contribution in [1.29, 1.82) is 0 Å². The molecular weight excluding hydrogens is 328 g/mol. The summed E-state index contributed by atoms with van der Waals surface area (Å²) in [6.45, 7) is 6.86. The number of hydrogen-bond acceptors (Lipinski definition) is 5. The second-order valence-electron chi connectivity index (χ2n) is 7.62. The first kappa shape index (κ1) is 25.3. The van der Waals surface area contributed by atoms with E-state index in [0.29, 0.717) is 34.1 Å². The molecule has 0 fully saturated rings. The van der Waals surface area contributed by atoms with Gasteiger partial charge in [-0.15, -0.1) is 0 Å². The van der Waals surface area contributed by atoms with Crippen LogP contribution in [0.5, 0.6) is 0 Å². The van der Waals surface area contributed by atoms with Crippen LogP contribution in [-0.2, 0) is 19.1 Å². The molecule has 0 rings (SSSR count). The van der Waals surface area contributed by atoms with E-state index < -0.39 is 11.9 Å². The normalized spacial score (nSPS) is 11.1. The number of carboxylic acids is 2. The van der Waals surface area contributed by atoms with Gasteiger partial charge in [0, 0.05) is 12.0 Å². The Bertz CT molecular complexity index is 466. The van der Waals surface area contributed by atoms with Gasteiger partial charge in [-0.3, -0.25) is 4.79 Å². The minimum Gasteiger partial charge on any atom is -0.544 e. The van der Waals surface area contributed by atoms with Crippen molar-refractivity contribution in [1.82, 2.24) is 0 Å². The molecule has 0 amide bonds. The lowest BCUT2D eigenvalue weighted by Crippen LogP contribution is -2.45. The van der Waals surface area contributed by atoms with Crippen molar-refractivity contribution in [3.05, 3.63) is 12.2 Å². The summed E-state index contributed by atoms with van der Waals surface area (Å²) < 4.78 is 5.99. The fraction of sp³-hybridized carbons (Fsp3) is 0.706. The van der Waals surface area contributed by atoms with E-state index in [0.717, 1.165) is 6.54 Å². The molecule has 8 nitrogen and oxygen atoms in total. The lowest BCUT2D eigenvalue weighted by atomic mass is 10.3. The van der Waals surface area contributed by atoms with E-state index in [-0.39, 0.29) is 18.9 Å². The van der Waals surface area contributed by atoms with Crippen LogP contribution in [0.25, 0.3) is 0 Å². The van der Waals surface area contributed by atoms with Crippen LogP contribution in [0.3, 0.4) is 0 Å². The summed E-state index contributed by atoms with van der Waals surface area (Å²) in [4.78, 5) is 31.4. The van der Waals surface area contributed by atoms with Crippen molar-refractivity contribution in [2.45, 2.75) is 19.8 Å². The lowest BCUT2D eigenvalue weighted by Gasteiger charge is -2.29. The molecular formula is C17H33N2O6+. The largest absolute Gasteiger partial charge is 0.544 e. The summed E-state index contributed by atoms with van der Waals surface area (Å²) in [7, 11) is 9.33. The third-order valence-corrected chi connectivity index (χ3v) is 3.02. The van der Waals surface area contributed by atoms with Crippen molar-refractivity contribution in [3.8, 4) is 0 Å². The summed E-state index contributed by atoms with van der Waals surface area (Å²) in [5, 5.41) is 18.5. The molecule has 1 N–H and O–H groups in total. The highest BCUT2D eigenvalue weighted by atomic mass is 16.5. The molecule has 0 saturated heterocycles. The van der Waals surface area contributed by atoms with Gasteiger partial charge in [0.25, 0.3) is 0 Å². The molecule has 0 aromatic heterocycles. The van der Waals surface area contributed by atoms with Gasteiger partial charge in [0.15, 0.2) is 0 Å². The SMILES string of the molecule is C=C(C)C(=O)OCCC[N+](C)(C)CCC(=O)O.C[N+](C)(C)CC(=O)[O-]. The summed E-state index contributed by atoms with van der Waals surface area (Å²) >= 11 is 0. The molecule has 0 aliphatic carbocycles. The summed E-state index contributed by atoms with van der Waals surface area (Å²) in [6, 6.07) is 0. The maximum absolute atomic E-state index is 11.1. The van der Waals surface area contributed by atoms with Gasteiger partial charge in [-0.2, -0.15) is 0 Å². The standard InChI is InChI=1S/C12H21NO4.C5H11NO2/c1-10(2)12(16)17-9-5-7-13(3,4)8-6-11(14)15;1-6(2,3)4-5(7)8/h1,5-9H2,2-4H3;4H2,1-3H3/p+1. The fourth-order valence-electron chi connectivity index (χ4n) is 1.68. The van der Waals surface area contributed by atoms with Crippen LogP contribution >= 0.6 is 0 Å². The molecule has 0 radical (unpaired) electrons. The van der Waals surface area contributed by atoms with Gasteiger partial charge in [-0.25, -0.2) is 4.79 Å². The van der Waals surface area contributed by atoms with Gasteiger partial charge in [-0.1, -0.05) is 6.58 Å². The summed E-state index contributed by atoms with van der Waals surface area (Å²) in [5.74, 6) is -2.16. The van der Waals surface area contributed by atoms with E-state index in [1.54, 1.807) is 28.1 Å². The van der Waals surface area contributed by atoms with Crippen LogP contribution in [0.4, 0.5) is 0 Å². The van der Waals surface area contributed by atoms with Crippen LogP contribution in [0.15, 0.2) is 12.2 Å². The average Bonchev–Trinajstić information content (AvgIpc) is 2.39. The molecule has 0 aromatic carbocycles. The number of rotatable bonds is 10. The van der Waals surface area contributed by atoms with Crippen molar-refractivity contribution < 1.29 is 38.3 Å². The number of likely N-dealkylation sites (N-methyl/N-ethyl adjacent to an activating group) is 1. The number of carboxylic acid groups (broad SMARTS) is 2. The van der Waals surface area contributed by atoms with Crippen LogP contribution in [0.2, 0.25) is 0 Å². The molecule has 0 aromatic rings.